The molecule has 2 heteroatoms. The van der Waals surface area contributed by atoms with Crippen LogP contribution in [0, 0.1) is 23.2 Å². The van der Waals surface area contributed by atoms with E-state index in [9.17, 15) is 0 Å². The second kappa shape index (κ2) is 1.51. The number of halogens is 2. The maximum Gasteiger partial charge on any atom is 0.0401 e. The molecule has 4 fully saturated rings. The summed E-state index contributed by atoms with van der Waals surface area (Å²) in [5.74, 6) is 3.44. The molecule has 0 saturated heterocycles. The minimum Gasteiger partial charge on any atom is -0.126 e. The first-order valence-electron chi connectivity index (χ1n) is 3.99. The molecule has 0 aliphatic heterocycles. The molecule has 0 aromatic carbocycles. The zero-order valence-electron chi connectivity index (χ0n) is 5.69. The molecule has 0 spiro atoms. The summed E-state index contributed by atoms with van der Waals surface area (Å²) < 4.78 is 0. The van der Waals surface area contributed by atoms with E-state index in [1.54, 1.807) is 0 Å². The minimum absolute atomic E-state index is 0.490. The van der Waals surface area contributed by atoms with Crippen molar-refractivity contribution in [1.29, 1.82) is 0 Å². The van der Waals surface area contributed by atoms with E-state index in [-0.39, 0.29) is 0 Å². The zero-order chi connectivity index (χ0) is 6.93. The maximum atomic E-state index is 6.21. The zero-order valence-corrected chi connectivity index (χ0v) is 7.20. The highest BCUT2D eigenvalue weighted by Gasteiger charge is 2.77. The number of hydrogen-bond donors (Lipinski definition) is 0. The van der Waals surface area contributed by atoms with Gasteiger partial charge in [0, 0.05) is 11.3 Å². The molecule has 4 aliphatic carbocycles. The third-order valence-corrected chi connectivity index (χ3v) is 5.09. The molecule has 0 radical (unpaired) electrons. The van der Waals surface area contributed by atoms with Crippen molar-refractivity contribution in [2.24, 2.45) is 23.2 Å². The fourth-order valence-corrected chi connectivity index (χ4v) is 4.60. The van der Waals surface area contributed by atoms with E-state index in [1.165, 1.54) is 12.8 Å². The summed E-state index contributed by atoms with van der Waals surface area (Å²) in [5.41, 5.74) is 0.540. The molecule has 4 saturated carbocycles. The summed E-state index contributed by atoms with van der Waals surface area (Å²) in [7, 11) is 0. The normalized spacial score (nSPS) is 69.0. The van der Waals surface area contributed by atoms with Gasteiger partial charge < -0.3 is 0 Å². The topological polar surface area (TPSA) is 0 Å². The monoisotopic (exact) mass is 176 g/mol. The van der Waals surface area contributed by atoms with Crippen molar-refractivity contribution >= 4 is 23.2 Å². The summed E-state index contributed by atoms with van der Waals surface area (Å²) in [6, 6.07) is 0. The van der Waals surface area contributed by atoms with Gasteiger partial charge in [-0.25, -0.2) is 0 Å². The lowest BCUT2D eigenvalue weighted by atomic mass is 10.1. The van der Waals surface area contributed by atoms with Crippen LogP contribution in [-0.2, 0) is 0 Å². The molecule has 0 aromatic heterocycles. The third-order valence-electron chi connectivity index (χ3n) is 3.97. The standard InChI is InChI=1S/C8H10Cl2/c9-3-8-2-4-1-5(8)6(8)7(4)10/h4-7H,1-3H2. The van der Waals surface area contributed by atoms with Crippen LogP contribution < -0.4 is 0 Å². The quantitative estimate of drug-likeness (QED) is 0.539. The highest BCUT2D eigenvalue weighted by molar-refractivity contribution is 6.22. The molecular formula is C8H10Cl2. The highest BCUT2D eigenvalue weighted by Crippen LogP contribution is 2.80. The van der Waals surface area contributed by atoms with Crippen molar-refractivity contribution in [3.63, 3.8) is 0 Å². The Bertz CT molecular complexity index is 192. The molecule has 4 bridgehead atoms. The fourth-order valence-electron chi connectivity index (χ4n) is 3.50. The Hall–Kier alpha value is 0.580. The number of rotatable bonds is 1. The van der Waals surface area contributed by atoms with Crippen LogP contribution in [0.25, 0.3) is 0 Å². The van der Waals surface area contributed by atoms with Gasteiger partial charge in [-0.2, -0.15) is 0 Å². The van der Waals surface area contributed by atoms with Gasteiger partial charge in [0.1, 0.15) is 0 Å². The molecule has 0 nitrogen and oxygen atoms in total. The molecule has 5 unspecified atom stereocenters. The first-order chi connectivity index (χ1) is 4.79. The Labute approximate surface area is 70.9 Å². The summed E-state index contributed by atoms with van der Waals surface area (Å²) in [4.78, 5) is 0. The van der Waals surface area contributed by atoms with Crippen molar-refractivity contribution in [3.8, 4) is 0 Å². The molecule has 0 amide bonds. The second-order valence-corrected chi connectivity index (χ2v) is 4.91. The fraction of sp³-hybridized carbons (Fsp3) is 1.00. The van der Waals surface area contributed by atoms with Crippen LogP contribution in [0.4, 0.5) is 0 Å². The Morgan fingerprint density at radius 2 is 2.30 bits per heavy atom. The first kappa shape index (κ1) is 6.14. The summed E-state index contributed by atoms with van der Waals surface area (Å²) in [6.07, 6.45) is 2.71. The lowest BCUT2D eigenvalue weighted by Crippen LogP contribution is -2.02. The van der Waals surface area contributed by atoms with Gasteiger partial charge >= 0.3 is 0 Å². The Morgan fingerprint density at radius 1 is 1.50 bits per heavy atom. The molecule has 5 atom stereocenters. The van der Waals surface area contributed by atoms with E-state index in [0.29, 0.717) is 10.8 Å². The molecule has 0 aromatic rings. The smallest absolute Gasteiger partial charge is 0.0401 e. The third kappa shape index (κ3) is 0.412. The maximum absolute atomic E-state index is 6.21. The Morgan fingerprint density at radius 3 is 2.50 bits per heavy atom. The molecule has 0 N–H and O–H groups in total. The van der Waals surface area contributed by atoms with Crippen LogP contribution in [0.5, 0.6) is 0 Å². The van der Waals surface area contributed by atoms with E-state index >= 15 is 0 Å². The number of hydrogen-bond acceptors (Lipinski definition) is 0. The predicted octanol–water partition coefficient (Wildman–Crippen LogP) is 2.49. The van der Waals surface area contributed by atoms with E-state index in [2.05, 4.69) is 0 Å². The van der Waals surface area contributed by atoms with Gasteiger partial charge in [-0.05, 0) is 36.0 Å². The summed E-state index contributed by atoms with van der Waals surface area (Å²) in [6.45, 7) is 0. The Balaban J connectivity index is 2.01. The average molecular weight is 177 g/mol. The molecule has 0 heterocycles. The first-order valence-corrected chi connectivity index (χ1v) is 4.97. The second-order valence-electron chi connectivity index (χ2n) is 4.14. The van der Waals surface area contributed by atoms with Crippen molar-refractivity contribution in [1.82, 2.24) is 0 Å². The lowest BCUT2D eigenvalue weighted by molar-refractivity contribution is 0.543. The van der Waals surface area contributed by atoms with Crippen LogP contribution in [0.2, 0.25) is 0 Å². The van der Waals surface area contributed by atoms with Crippen LogP contribution in [-0.4, -0.2) is 11.3 Å². The molecule has 10 heavy (non-hydrogen) atoms. The van der Waals surface area contributed by atoms with Crippen LogP contribution >= 0.6 is 23.2 Å². The van der Waals surface area contributed by atoms with Crippen LogP contribution in [0.15, 0.2) is 0 Å². The predicted molar refractivity (Wildman–Crippen MR) is 42.5 cm³/mol. The Kier molecular flexibility index (Phi) is 0.929. The van der Waals surface area contributed by atoms with Gasteiger partial charge in [0.05, 0.1) is 0 Å². The summed E-state index contributed by atoms with van der Waals surface area (Å²) >= 11 is 12.1. The molecule has 4 aliphatic rings. The highest BCUT2D eigenvalue weighted by atomic mass is 35.5. The molecular weight excluding hydrogens is 167 g/mol. The van der Waals surface area contributed by atoms with Crippen molar-refractivity contribution in [3.05, 3.63) is 0 Å². The molecule has 4 rings (SSSR count). The van der Waals surface area contributed by atoms with Crippen molar-refractivity contribution < 1.29 is 0 Å². The van der Waals surface area contributed by atoms with Crippen LogP contribution in [0.1, 0.15) is 12.8 Å². The molecule has 56 valence electrons. The minimum atomic E-state index is 0.490. The SMILES string of the molecule is ClCC12CC3CC1C2C3Cl. The van der Waals surface area contributed by atoms with Crippen molar-refractivity contribution in [2.75, 3.05) is 5.88 Å². The van der Waals surface area contributed by atoms with Crippen LogP contribution in [0.3, 0.4) is 0 Å². The largest absolute Gasteiger partial charge is 0.126 e. The van der Waals surface area contributed by atoms with Crippen molar-refractivity contribution in [2.45, 2.75) is 18.2 Å². The number of alkyl halides is 2. The van der Waals surface area contributed by atoms with E-state index in [1.807, 2.05) is 0 Å². The van der Waals surface area contributed by atoms with Gasteiger partial charge in [0.15, 0.2) is 0 Å². The average Bonchev–Trinajstić information content (AvgIpc) is 2.36. The van der Waals surface area contributed by atoms with Gasteiger partial charge in [-0.1, -0.05) is 0 Å². The van der Waals surface area contributed by atoms with E-state index in [0.717, 1.165) is 23.6 Å². The van der Waals surface area contributed by atoms with Gasteiger partial charge in [-0.3, -0.25) is 0 Å². The van der Waals surface area contributed by atoms with Gasteiger partial charge in [0.2, 0.25) is 0 Å². The van der Waals surface area contributed by atoms with Gasteiger partial charge in [-0.15, -0.1) is 23.2 Å². The van der Waals surface area contributed by atoms with E-state index in [4.69, 9.17) is 23.2 Å². The summed E-state index contributed by atoms with van der Waals surface area (Å²) in [5, 5.41) is 0.490. The lowest BCUT2D eigenvalue weighted by Gasteiger charge is -2.02. The van der Waals surface area contributed by atoms with E-state index < -0.39 is 0 Å². The van der Waals surface area contributed by atoms with Gasteiger partial charge in [0.25, 0.3) is 0 Å².